The van der Waals surface area contributed by atoms with Crippen LogP contribution < -0.4 is 51.4 Å². The molecule has 0 fully saturated rings. The molecule has 0 aromatic carbocycles. The van der Waals surface area contributed by atoms with Gasteiger partial charge in [0.25, 0.3) is 0 Å². The van der Waals surface area contributed by atoms with Crippen LogP contribution in [0.15, 0.2) is 0 Å². The molecule has 0 bridgehead atoms. The van der Waals surface area contributed by atoms with E-state index in [-0.39, 0.29) is 51.4 Å². The van der Waals surface area contributed by atoms with Crippen molar-refractivity contribution in [2.24, 2.45) is 5.41 Å². The summed E-state index contributed by atoms with van der Waals surface area (Å²) in [6, 6.07) is 0. The van der Waals surface area contributed by atoms with E-state index in [2.05, 4.69) is 0 Å². The molecule has 1 nitrogen and oxygen atoms in total. The first-order chi connectivity index (χ1) is 5.13. The first-order valence-electron chi connectivity index (χ1n) is 3.40. The largest absolute Gasteiger partial charge is 1.00 e. The Labute approximate surface area is 118 Å². The van der Waals surface area contributed by atoms with E-state index < -0.39 is 18.2 Å². The van der Waals surface area contributed by atoms with Crippen LogP contribution in [0, 0.1) is 17.2 Å². The van der Waals surface area contributed by atoms with Crippen LogP contribution in [0.2, 0.25) is 0 Å². The topological polar surface area (TPSA) is 17.1 Å². The summed E-state index contributed by atoms with van der Waals surface area (Å²) in [6.07, 6.45) is 0. The van der Waals surface area contributed by atoms with Crippen LogP contribution in [0.1, 0.15) is 20.8 Å². The van der Waals surface area contributed by atoms with Gasteiger partial charge < -0.3 is 12.9 Å². The van der Waals surface area contributed by atoms with Crippen LogP contribution in [-0.2, 0) is 4.79 Å². The molecule has 0 rings (SSSR count). The van der Waals surface area contributed by atoms with Gasteiger partial charge in [-0.3, -0.25) is 4.79 Å². The number of ketones is 1. The van der Waals surface area contributed by atoms with Crippen LogP contribution in [0.4, 0.5) is 12.9 Å². The van der Waals surface area contributed by atoms with Gasteiger partial charge in [0.1, 0.15) is 0 Å². The molecule has 0 aliphatic rings. The molecule has 0 atom stereocenters. The second-order valence-corrected chi connectivity index (χ2v) is 3.42. The van der Waals surface area contributed by atoms with E-state index in [0.29, 0.717) is 0 Å². The maximum Gasteiger partial charge on any atom is 1.00 e. The first-order valence-corrected chi connectivity index (χ1v) is 3.40. The van der Waals surface area contributed by atoms with Crippen molar-refractivity contribution in [1.82, 2.24) is 0 Å². The van der Waals surface area contributed by atoms with Crippen molar-refractivity contribution in [3.63, 3.8) is 0 Å². The van der Waals surface area contributed by atoms with Crippen molar-refractivity contribution in [1.29, 1.82) is 0 Å². The Hall–Kier alpha value is 0.721. The zero-order valence-corrected chi connectivity index (χ0v) is 11.2. The van der Waals surface area contributed by atoms with E-state index >= 15 is 0 Å². The van der Waals surface area contributed by atoms with Crippen molar-refractivity contribution in [2.75, 3.05) is 0 Å². The Balaban J connectivity index is 0. The Morgan fingerprint density at radius 3 is 1.85 bits per heavy atom. The summed E-state index contributed by atoms with van der Waals surface area (Å²) in [6.45, 7) is -0.603. The smallest absolute Gasteiger partial charge is 0.438 e. The minimum Gasteiger partial charge on any atom is -0.438 e. The number of halogens is 3. The third kappa shape index (κ3) is 9.04. The molecule has 0 unspecified atom stereocenters. The molecule has 68 valence electrons. The SMILES string of the molecule is CC(C)(C)C(=O)C#C[B-](F)(F)F.[K+]. The summed E-state index contributed by atoms with van der Waals surface area (Å²) in [4.78, 5) is 10.8. The number of Topliss-reactive ketones (excluding diaryl/α,β-unsaturated/α-hetero) is 1. The van der Waals surface area contributed by atoms with Crippen molar-refractivity contribution >= 4 is 12.8 Å². The average molecular weight is 216 g/mol. The standard InChI is InChI=1S/C7H9BF3O.K/c1-7(2,3)6(12)4-5-8(9,10)11;/h1-3H3;/q-1;+1. The molecule has 0 amide bonds. The Bertz CT molecular complexity index is 243. The van der Waals surface area contributed by atoms with Crippen LogP contribution in [0.5, 0.6) is 0 Å². The van der Waals surface area contributed by atoms with Gasteiger partial charge in [0, 0.05) is 5.41 Å². The number of rotatable bonds is 0. The van der Waals surface area contributed by atoms with Gasteiger partial charge in [-0.05, 0) is 0 Å². The van der Waals surface area contributed by atoms with Gasteiger partial charge in [-0.2, -0.15) is 5.82 Å². The van der Waals surface area contributed by atoms with E-state index in [1.807, 2.05) is 0 Å². The molecule has 0 saturated heterocycles. The van der Waals surface area contributed by atoms with Crippen molar-refractivity contribution < 1.29 is 69.1 Å². The fourth-order valence-electron chi connectivity index (χ4n) is 0.335. The van der Waals surface area contributed by atoms with E-state index in [4.69, 9.17) is 0 Å². The third-order valence-corrected chi connectivity index (χ3v) is 1.03. The summed E-state index contributed by atoms with van der Waals surface area (Å²) in [5.74, 6) is 1.87. The van der Waals surface area contributed by atoms with Crippen LogP contribution in [0.3, 0.4) is 0 Å². The monoisotopic (exact) mass is 216 g/mol. The van der Waals surface area contributed by atoms with E-state index in [9.17, 15) is 17.7 Å². The van der Waals surface area contributed by atoms with E-state index in [1.54, 1.807) is 5.92 Å². The zero-order chi connectivity index (χ0) is 9.99. The molecule has 0 heterocycles. The summed E-state index contributed by atoms with van der Waals surface area (Å²) in [7, 11) is 0. The van der Waals surface area contributed by atoms with Gasteiger partial charge >= 0.3 is 58.4 Å². The Morgan fingerprint density at radius 2 is 1.62 bits per heavy atom. The van der Waals surface area contributed by atoms with Crippen LogP contribution in [0.25, 0.3) is 0 Å². The Morgan fingerprint density at radius 1 is 1.23 bits per heavy atom. The molecular weight excluding hydrogens is 207 g/mol. The molecule has 0 aromatic heterocycles. The summed E-state index contributed by atoms with van der Waals surface area (Å²) < 4.78 is 34.6. The number of hydrogen-bond donors (Lipinski definition) is 0. The molecule has 0 aromatic rings. The van der Waals surface area contributed by atoms with Gasteiger partial charge in [-0.25, -0.2) is 0 Å². The van der Waals surface area contributed by atoms with Gasteiger partial charge in [0.05, 0.1) is 0 Å². The second-order valence-electron chi connectivity index (χ2n) is 3.42. The van der Waals surface area contributed by atoms with Crippen molar-refractivity contribution in [3.05, 3.63) is 0 Å². The third-order valence-electron chi connectivity index (χ3n) is 1.03. The maximum atomic E-state index is 11.5. The molecule has 0 aliphatic heterocycles. The molecule has 0 aliphatic carbocycles. The van der Waals surface area contributed by atoms with Gasteiger partial charge in [0.2, 0.25) is 5.78 Å². The predicted octanol–water partition coefficient (Wildman–Crippen LogP) is -1.00. The van der Waals surface area contributed by atoms with Crippen molar-refractivity contribution in [2.45, 2.75) is 20.8 Å². The summed E-state index contributed by atoms with van der Waals surface area (Å²) >= 11 is 0. The fraction of sp³-hybridized carbons (Fsp3) is 0.571. The van der Waals surface area contributed by atoms with E-state index in [0.717, 1.165) is 5.82 Å². The number of hydrogen-bond acceptors (Lipinski definition) is 1. The first kappa shape index (κ1) is 16.2. The molecule has 13 heavy (non-hydrogen) atoms. The summed E-state index contributed by atoms with van der Waals surface area (Å²) in [5.41, 5.74) is -0.825. The fourth-order valence-corrected chi connectivity index (χ4v) is 0.335. The average Bonchev–Trinajstić information content (AvgIpc) is 1.78. The second kappa shape index (κ2) is 5.57. The molecule has 0 radical (unpaired) electrons. The van der Waals surface area contributed by atoms with Crippen molar-refractivity contribution in [3.8, 4) is 11.7 Å². The molecule has 0 N–H and O–H groups in total. The van der Waals surface area contributed by atoms with Gasteiger partial charge in [-0.1, -0.05) is 26.7 Å². The number of carbonyl (C=O) groups is 1. The molecule has 6 heteroatoms. The molecule has 0 saturated carbocycles. The Kier molecular flexibility index (Phi) is 6.92. The maximum absolute atomic E-state index is 11.5. The van der Waals surface area contributed by atoms with Crippen LogP contribution in [-0.4, -0.2) is 12.8 Å². The van der Waals surface area contributed by atoms with Crippen LogP contribution >= 0.6 is 0 Å². The minimum absolute atomic E-state index is 0. The zero-order valence-electron chi connectivity index (χ0n) is 8.12. The molecular formula is C7H9BF3KO. The van der Waals surface area contributed by atoms with Gasteiger partial charge in [0.15, 0.2) is 0 Å². The predicted molar refractivity (Wildman–Crippen MR) is 41.3 cm³/mol. The summed E-state index contributed by atoms with van der Waals surface area (Å²) in [5, 5.41) is 0. The van der Waals surface area contributed by atoms with Gasteiger partial charge in [-0.15, -0.1) is 0 Å². The van der Waals surface area contributed by atoms with E-state index in [1.165, 1.54) is 20.8 Å². The number of carbonyl (C=O) groups excluding carboxylic acids is 1. The normalized spacial score (nSPS) is 10.9. The molecule has 0 spiro atoms. The quantitative estimate of drug-likeness (QED) is 0.375. The minimum atomic E-state index is -5.17.